The van der Waals surface area contributed by atoms with Crippen LogP contribution in [0.3, 0.4) is 0 Å². The van der Waals surface area contributed by atoms with Crippen molar-refractivity contribution in [1.82, 2.24) is 4.98 Å². The number of fused-ring (bicyclic) bond motifs is 1. The summed E-state index contributed by atoms with van der Waals surface area (Å²) in [5.41, 5.74) is 2.64. The number of hydrogen-bond acceptors (Lipinski definition) is 2. The van der Waals surface area contributed by atoms with Crippen LogP contribution in [0.2, 0.25) is 10.0 Å². The topological polar surface area (TPSA) is 33.1 Å². The highest BCUT2D eigenvalue weighted by atomic mass is 35.5. The van der Waals surface area contributed by atoms with Gasteiger partial charge in [-0.1, -0.05) is 41.4 Å². The van der Waals surface area contributed by atoms with Crippen molar-refractivity contribution in [3.05, 3.63) is 75.9 Å². The molecule has 0 saturated heterocycles. The van der Waals surface area contributed by atoms with Crippen LogP contribution < -0.4 is 0 Å². The lowest BCUT2D eigenvalue weighted by Gasteiger charge is -2.13. The second kappa shape index (κ2) is 6.02. The molecular weight excluding hydrogens is 305 g/mol. The summed E-state index contributed by atoms with van der Waals surface area (Å²) in [5.74, 6) is 0. The summed E-state index contributed by atoms with van der Waals surface area (Å²) in [6, 6.07) is 14.9. The highest BCUT2D eigenvalue weighted by Gasteiger charge is 2.12. The number of benzene rings is 2. The van der Waals surface area contributed by atoms with Gasteiger partial charge in [0, 0.05) is 28.0 Å². The largest absolute Gasteiger partial charge is 0.388 e. The third-order valence-electron chi connectivity index (χ3n) is 3.44. The molecule has 3 aromatic rings. The van der Waals surface area contributed by atoms with Gasteiger partial charge in [-0.3, -0.25) is 4.98 Å². The molecule has 0 aliphatic carbocycles. The van der Waals surface area contributed by atoms with E-state index in [-0.39, 0.29) is 0 Å². The Kier molecular flexibility index (Phi) is 4.11. The summed E-state index contributed by atoms with van der Waals surface area (Å²) in [5, 5.41) is 12.6. The van der Waals surface area contributed by atoms with Crippen molar-refractivity contribution in [1.29, 1.82) is 0 Å². The Morgan fingerprint density at radius 2 is 1.90 bits per heavy atom. The fraction of sp³-hybridized carbons (Fsp3) is 0.118. The van der Waals surface area contributed by atoms with Crippen LogP contribution in [-0.4, -0.2) is 10.1 Å². The Morgan fingerprint density at radius 1 is 1.05 bits per heavy atom. The molecule has 106 valence electrons. The number of nitrogens with zero attached hydrogens (tertiary/aromatic N) is 1. The summed E-state index contributed by atoms with van der Waals surface area (Å²) in [6.45, 7) is 0. The summed E-state index contributed by atoms with van der Waals surface area (Å²) in [4.78, 5) is 4.27. The fourth-order valence-corrected chi connectivity index (χ4v) is 2.80. The van der Waals surface area contributed by atoms with Gasteiger partial charge < -0.3 is 5.11 Å². The lowest BCUT2D eigenvalue weighted by Crippen LogP contribution is -2.02. The predicted octanol–water partition coefficient (Wildman–Crippen LogP) is 4.82. The summed E-state index contributed by atoms with van der Waals surface area (Å²) in [7, 11) is 0. The molecule has 1 atom stereocenters. The average Bonchev–Trinajstić information content (AvgIpc) is 2.49. The fourth-order valence-electron chi connectivity index (χ4n) is 2.31. The van der Waals surface area contributed by atoms with Crippen LogP contribution in [0.15, 0.2) is 54.7 Å². The molecule has 1 heterocycles. The van der Waals surface area contributed by atoms with E-state index in [1.54, 1.807) is 18.3 Å². The average molecular weight is 318 g/mol. The lowest BCUT2D eigenvalue weighted by atomic mass is 10.00. The predicted molar refractivity (Wildman–Crippen MR) is 86.9 cm³/mol. The molecule has 21 heavy (non-hydrogen) atoms. The molecular formula is C17H13Cl2NO. The molecule has 2 aromatic carbocycles. The number of hydrogen-bond donors (Lipinski definition) is 1. The van der Waals surface area contributed by atoms with E-state index in [9.17, 15) is 5.11 Å². The van der Waals surface area contributed by atoms with Gasteiger partial charge in [0.1, 0.15) is 0 Å². The Labute approximate surface area is 133 Å². The minimum Gasteiger partial charge on any atom is -0.388 e. The Bertz CT molecular complexity index is 789. The second-order valence-electron chi connectivity index (χ2n) is 4.91. The van der Waals surface area contributed by atoms with Crippen LogP contribution in [-0.2, 0) is 6.42 Å². The maximum atomic E-state index is 10.4. The molecule has 1 N–H and O–H groups in total. The van der Waals surface area contributed by atoms with Crippen molar-refractivity contribution in [2.45, 2.75) is 12.5 Å². The molecule has 1 unspecified atom stereocenters. The summed E-state index contributed by atoms with van der Waals surface area (Å²) < 4.78 is 0. The van der Waals surface area contributed by atoms with Crippen molar-refractivity contribution in [2.75, 3.05) is 0 Å². The first kappa shape index (κ1) is 14.3. The van der Waals surface area contributed by atoms with Gasteiger partial charge in [0.25, 0.3) is 0 Å². The van der Waals surface area contributed by atoms with Gasteiger partial charge in [-0.15, -0.1) is 0 Å². The van der Waals surface area contributed by atoms with E-state index in [0.717, 1.165) is 22.0 Å². The minimum absolute atomic E-state index is 0.446. The van der Waals surface area contributed by atoms with E-state index in [4.69, 9.17) is 23.2 Å². The molecule has 4 heteroatoms. The zero-order chi connectivity index (χ0) is 14.8. The summed E-state index contributed by atoms with van der Waals surface area (Å²) in [6.07, 6.45) is 1.58. The number of aliphatic hydroxyl groups excluding tert-OH is 1. The van der Waals surface area contributed by atoms with Crippen molar-refractivity contribution >= 4 is 34.1 Å². The molecule has 1 aromatic heterocycles. The molecule has 0 spiro atoms. The van der Waals surface area contributed by atoms with Crippen LogP contribution in [0.1, 0.15) is 17.2 Å². The highest BCUT2D eigenvalue weighted by molar-refractivity contribution is 6.35. The molecule has 0 bridgehead atoms. The van der Waals surface area contributed by atoms with Gasteiger partial charge in [-0.2, -0.15) is 0 Å². The van der Waals surface area contributed by atoms with Gasteiger partial charge in [-0.05, 0) is 41.5 Å². The first-order valence-electron chi connectivity index (χ1n) is 6.60. The minimum atomic E-state index is -0.617. The molecule has 0 aliphatic heterocycles. The van der Waals surface area contributed by atoms with E-state index in [0.29, 0.717) is 16.5 Å². The van der Waals surface area contributed by atoms with E-state index in [1.807, 2.05) is 36.4 Å². The Hall–Kier alpha value is -1.61. The van der Waals surface area contributed by atoms with Crippen molar-refractivity contribution in [3.63, 3.8) is 0 Å². The third kappa shape index (κ3) is 3.18. The van der Waals surface area contributed by atoms with Gasteiger partial charge in [-0.25, -0.2) is 0 Å². The van der Waals surface area contributed by atoms with Gasteiger partial charge in [0.05, 0.1) is 11.6 Å². The van der Waals surface area contributed by atoms with E-state index >= 15 is 0 Å². The van der Waals surface area contributed by atoms with E-state index in [2.05, 4.69) is 4.98 Å². The monoisotopic (exact) mass is 317 g/mol. The van der Waals surface area contributed by atoms with Gasteiger partial charge in [0.15, 0.2) is 0 Å². The number of rotatable bonds is 3. The molecule has 0 aliphatic rings. The van der Waals surface area contributed by atoms with Crippen molar-refractivity contribution < 1.29 is 5.11 Å². The van der Waals surface area contributed by atoms with Crippen molar-refractivity contribution in [3.8, 4) is 0 Å². The maximum Gasteiger partial charge on any atom is 0.0831 e. The lowest BCUT2D eigenvalue weighted by molar-refractivity contribution is 0.178. The van der Waals surface area contributed by atoms with E-state index in [1.165, 1.54) is 0 Å². The van der Waals surface area contributed by atoms with Gasteiger partial charge in [0.2, 0.25) is 0 Å². The van der Waals surface area contributed by atoms with Crippen LogP contribution >= 0.6 is 23.2 Å². The first-order chi connectivity index (χ1) is 10.1. The Balaban J connectivity index is 1.87. The molecule has 0 radical (unpaired) electrons. The first-order valence-corrected chi connectivity index (χ1v) is 7.36. The SMILES string of the molecule is OC(Cc1ccc(Cl)cc1Cl)c1ccc2ncccc2c1. The standard InChI is InChI=1S/C17H13Cl2NO/c18-14-5-3-11(15(19)10-14)9-17(21)13-4-6-16-12(8-13)2-1-7-20-16/h1-8,10,17,21H,9H2. The van der Waals surface area contributed by atoms with Crippen molar-refractivity contribution in [2.24, 2.45) is 0 Å². The zero-order valence-electron chi connectivity index (χ0n) is 11.1. The van der Waals surface area contributed by atoms with Gasteiger partial charge >= 0.3 is 0 Å². The molecule has 0 amide bonds. The zero-order valence-corrected chi connectivity index (χ0v) is 12.6. The second-order valence-corrected chi connectivity index (χ2v) is 5.75. The Morgan fingerprint density at radius 3 is 2.71 bits per heavy atom. The smallest absolute Gasteiger partial charge is 0.0831 e. The molecule has 0 saturated carbocycles. The number of halogens is 2. The molecule has 2 nitrogen and oxygen atoms in total. The highest BCUT2D eigenvalue weighted by Crippen LogP contribution is 2.27. The van der Waals surface area contributed by atoms with Crippen LogP contribution in [0, 0.1) is 0 Å². The quantitative estimate of drug-likeness (QED) is 0.751. The third-order valence-corrected chi connectivity index (χ3v) is 4.03. The number of pyridine rings is 1. The van der Waals surface area contributed by atoms with Crippen LogP contribution in [0.5, 0.6) is 0 Å². The number of aliphatic hydroxyl groups is 1. The normalized spacial score (nSPS) is 12.5. The number of aromatic nitrogens is 1. The van der Waals surface area contributed by atoms with Crippen LogP contribution in [0.4, 0.5) is 0 Å². The molecule has 0 fully saturated rings. The van der Waals surface area contributed by atoms with Crippen LogP contribution in [0.25, 0.3) is 10.9 Å². The molecule has 3 rings (SSSR count). The maximum absolute atomic E-state index is 10.4. The van der Waals surface area contributed by atoms with E-state index < -0.39 is 6.10 Å². The summed E-state index contributed by atoms with van der Waals surface area (Å²) >= 11 is 12.0.